The molecule has 1 aromatic rings. The van der Waals surface area contributed by atoms with Crippen LogP contribution in [0.3, 0.4) is 0 Å². The van der Waals surface area contributed by atoms with Gasteiger partial charge in [-0.3, -0.25) is 9.69 Å². The quantitative estimate of drug-likeness (QED) is 0.701. The van der Waals surface area contributed by atoms with Gasteiger partial charge >= 0.3 is 0 Å². The van der Waals surface area contributed by atoms with E-state index in [2.05, 4.69) is 38.8 Å². The van der Waals surface area contributed by atoms with Gasteiger partial charge in [-0.15, -0.1) is 0 Å². The zero-order chi connectivity index (χ0) is 20.6. The van der Waals surface area contributed by atoms with Crippen molar-refractivity contribution in [2.24, 2.45) is 0 Å². The first-order valence-corrected chi connectivity index (χ1v) is 11.1. The van der Waals surface area contributed by atoms with Crippen molar-refractivity contribution in [2.75, 3.05) is 64.4 Å². The summed E-state index contributed by atoms with van der Waals surface area (Å²) >= 11 is 0. The van der Waals surface area contributed by atoms with Crippen LogP contribution in [0.15, 0.2) is 18.2 Å². The van der Waals surface area contributed by atoms with Gasteiger partial charge in [0.25, 0.3) is 5.91 Å². The van der Waals surface area contributed by atoms with Crippen molar-refractivity contribution in [3.8, 4) is 0 Å². The van der Waals surface area contributed by atoms with Crippen LogP contribution in [0.2, 0.25) is 0 Å². The third-order valence-corrected chi connectivity index (χ3v) is 6.16. The first kappa shape index (κ1) is 22.0. The van der Waals surface area contributed by atoms with Gasteiger partial charge in [0.1, 0.15) is 11.5 Å². The second-order valence-corrected chi connectivity index (χ2v) is 8.37. The molecule has 2 aliphatic heterocycles. The summed E-state index contributed by atoms with van der Waals surface area (Å²) in [6, 6.07) is 7.08. The highest BCUT2D eigenvalue weighted by atomic mass is 16.5. The Morgan fingerprint density at radius 1 is 1.17 bits per heavy atom. The molecule has 0 unspecified atom stereocenters. The van der Waals surface area contributed by atoms with Gasteiger partial charge in [-0.1, -0.05) is 6.07 Å². The van der Waals surface area contributed by atoms with Crippen LogP contribution < -0.4 is 10.2 Å². The number of nitrogens with zero attached hydrogens (tertiary/aromatic N) is 4. The fourth-order valence-corrected chi connectivity index (χ4v) is 4.38. The minimum absolute atomic E-state index is 0.141. The molecular weight excluding hydrogens is 366 g/mol. The molecule has 7 nitrogen and oxygen atoms in total. The lowest BCUT2D eigenvalue weighted by molar-refractivity contribution is 0.0932. The van der Waals surface area contributed by atoms with Gasteiger partial charge < -0.3 is 19.9 Å². The van der Waals surface area contributed by atoms with E-state index in [1.165, 1.54) is 25.9 Å². The first-order chi connectivity index (χ1) is 14.1. The number of aromatic nitrogens is 1. The van der Waals surface area contributed by atoms with E-state index in [0.29, 0.717) is 30.9 Å². The number of hydrogen-bond donors (Lipinski definition) is 1. The molecular formula is C22H37N5O2. The second kappa shape index (κ2) is 10.9. The molecule has 1 amide bonds. The third-order valence-electron chi connectivity index (χ3n) is 6.16. The van der Waals surface area contributed by atoms with Crippen molar-refractivity contribution in [2.45, 2.75) is 45.2 Å². The molecule has 2 saturated heterocycles. The standard InChI is InChI=1S/C22H37N5O2/c1-18(2)25-13-8-19(9-14-25)26-11-5-12-27(16-15-26)21-7-4-6-20(24-21)22(28)23-10-17-29-3/h4,6-7,18-19H,5,8-17H2,1-3H3,(H,23,28). The molecule has 2 fully saturated rings. The van der Waals surface area contributed by atoms with E-state index in [1.54, 1.807) is 13.2 Å². The van der Waals surface area contributed by atoms with Gasteiger partial charge in [-0.25, -0.2) is 4.98 Å². The molecule has 0 aliphatic carbocycles. The molecule has 3 rings (SSSR count). The number of nitrogens with one attached hydrogen (secondary N) is 1. The van der Waals surface area contributed by atoms with E-state index in [0.717, 1.165) is 38.4 Å². The third kappa shape index (κ3) is 6.14. The largest absolute Gasteiger partial charge is 0.383 e. The predicted molar refractivity (Wildman–Crippen MR) is 117 cm³/mol. The maximum Gasteiger partial charge on any atom is 0.270 e. The van der Waals surface area contributed by atoms with Gasteiger partial charge in [-0.05, 0) is 58.3 Å². The van der Waals surface area contributed by atoms with Crippen LogP contribution in [0.1, 0.15) is 43.6 Å². The number of methoxy groups -OCH3 is 1. The Kier molecular flexibility index (Phi) is 8.27. The number of carbonyl (C=O) groups excluding carboxylic acids is 1. The maximum atomic E-state index is 12.3. The molecule has 162 valence electrons. The monoisotopic (exact) mass is 403 g/mol. The Morgan fingerprint density at radius 2 is 1.97 bits per heavy atom. The van der Waals surface area contributed by atoms with Crippen LogP contribution in [0.5, 0.6) is 0 Å². The normalized spacial score (nSPS) is 20.1. The topological polar surface area (TPSA) is 60.9 Å². The molecule has 2 aliphatic rings. The van der Waals surface area contributed by atoms with Gasteiger partial charge in [0.05, 0.1) is 6.61 Å². The molecule has 0 spiro atoms. The maximum absolute atomic E-state index is 12.3. The Labute approximate surface area is 175 Å². The lowest BCUT2D eigenvalue weighted by atomic mass is 10.0. The summed E-state index contributed by atoms with van der Waals surface area (Å²) in [5.41, 5.74) is 0.473. The first-order valence-electron chi connectivity index (χ1n) is 11.1. The summed E-state index contributed by atoms with van der Waals surface area (Å²) in [5.74, 6) is 0.762. The van der Waals surface area contributed by atoms with E-state index in [-0.39, 0.29) is 5.91 Å². The number of carbonyl (C=O) groups is 1. The zero-order valence-electron chi connectivity index (χ0n) is 18.3. The van der Waals surface area contributed by atoms with E-state index in [1.807, 2.05) is 12.1 Å². The number of amides is 1. The zero-order valence-corrected chi connectivity index (χ0v) is 18.3. The molecule has 3 heterocycles. The van der Waals surface area contributed by atoms with E-state index >= 15 is 0 Å². The number of ether oxygens (including phenoxy) is 1. The molecule has 1 N–H and O–H groups in total. The highest BCUT2D eigenvalue weighted by molar-refractivity contribution is 5.92. The van der Waals surface area contributed by atoms with Gasteiger partial charge in [0.15, 0.2) is 0 Å². The molecule has 1 aromatic heterocycles. The molecule has 0 atom stereocenters. The molecule has 7 heteroatoms. The molecule has 0 aromatic carbocycles. The van der Waals surface area contributed by atoms with Gasteiger partial charge in [-0.2, -0.15) is 0 Å². The number of hydrogen-bond acceptors (Lipinski definition) is 6. The summed E-state index contributed by atoms with van der Waals surface area (Å²) < 4.78 is 4.99. The Bertz CT molecular complexity index is 646. The van der Waals surface area contributed by atoms with Gasteiger partial charge in [0, 0.05) is 51.9 Å². The van der Waals surface area contributed by atoms with E-state index < -0.39 is 0 Å². The summed E-state index contributed by atoms with van der Waals surface area (Å²) in [5, 5.41) is 2.85. The second-order valence-electron chi connectivity index (χ2n) is 8.37. The number of piperidine rings is 1. The fourth-order valence-electron chi connectivity index (χ4n) is 4.38. The van der Waals surface area contributed by atoms with Crippen LogP contribution in [0.4, 0.5) is 5.82 Å². The highest BCUT2D eigenvalue weighted by Crippen LogP contribution is 2.21. The van der Waals surface area contributed by atoms with Crippen molar-refractivity contribution in [3.05, 3.63) is 23.9 Å². The fraction of sp³-hybridized carbons (Fsp3) is 0.727. The predicted octanol–water partition coefficient (Wildman–Crippen LogP) is 1.84. The van der Waals surface area contributed by atoms with Crippen molar-refractivity contribution < 1.29 is 9.53 Å². The smallest absolute Gasteiger partial charge is 0.270 e. The van der Waals surface area contributed by atoms with E-state index in [4.69, 9.17) is 4.74 Å². The minimum atomic E-state index is -0.141. The van der Waals surface area contributed by atoms with Crippen molar-refractivity contribution >= 4 is 11.7 Å². The number of likely N-dealkylation sites (tertiary alicyclic amines) is 1. The molecule has 0 saturated carbocycles. The summed E-state index contributed by atoms with van der Waals surface area (Å²) in [6.45, 7) is 12.2. The van der Waals surface area contributed by atoms with Crippen LogP contribution in [0.25, 0.3) is 0 Å². The molecule has 29 heavy (non-hydrogen) atoms. The highest BCUT2D eigenvalue weighted by Gasteiger charge is 2.27. The average molecular weight is 404 g/mol. The lowest BCUT2D eigenvalue weighted by Gasteiger charge is -2.39. The Balaban J connectivity index is 1.54. The van der Waals surface area contributed by atoms with Crippen molar-refractivity contribution in [1.82, 2.24) is 20.1 Å². The SMILES string of the molecule is COCCNC(=O)c1cccc(N2CCCN(C3CCN(C(C)C)CC3)CC2)n1. The molecule has 0 bridgehead atoms. The number of rotatable bonds is 7. The lowest BCUT2D eigenvalue weighted by Crippen LogP contribution is -2.47. The van der Waals surface area contributed by atoms with Crippen LogP contribution in [-0.2, 0) is 4.74 Å². The summed E-state index contributed by atoms with van der Waals surface area (Å²) in [6.07, 6.45) is 3.68. The number of pyridine rings is 1. The van der Waals surface area contributed by atoms with E-state index in [9.17, 15) is 4.79 Å². The summed E-state index contributed by atoms with van der Waals surface area (Å²) in [4.78, 5) is 24.5. The van der Waals surface area contributed by atoms with Crippen molar-refractivity contribution in [1.29, 1.82) is 0 Å². The van der Waals surface area contributed by atoms with Crippen LogP contribution >= 0.6 is 0 Å². The number of anilines is 1. The summed E-state index contributed by atoms with van der Waals surface area (Å²) in [7, 11) is 1.63. The van der Waals surface area contributed by atoms with Crippen LogP contribution in [-0.4, -0.2) is 92.3 Å². The Hall–Kier alpha value is -1.70. The molecule has 0 radical (unpaired) electrons. The average Bonchev–Trinajstić information content (AvgIpc) is 3.00. The Morgan fingerprint density at radius 3 is 2.69 bits per heavy atom. The minimum Gasteiger partial charge on any atom is -0.383 e. The van der Waals surface area contributed by atoms with Gasteiger partial charge in [0.2, 0.25) is 0 Å². The van der Waals surface area contributed by atoms with Crippen molar-refractivity contribution in [3.63, 3.8) is 0 Å². The van der Waals surface area contributed by atoms with Crippen LogP contribution in [0, 0.1) is 0 Å².